The first-order valence-corrected chi connectivity index (χ1v) is 12.7. The molecule has 5 rings (SSSR count). The molecular formula is C30H34N4O2. The number of aryl methyl sites for hydroxylation is 1. The molecule has 1 amide bonds. The number of amides is 1. The van der Waals surface area contributed by atoms with E-state index in [0.29, 0.717) is 6.42 Å². The molecule has 0 aliphatic carbocycles. The molecule has 6 nitrogen and oxygen atoms in total. The number of likely N-dealkylation sites (tertiary alicyclic amines) is 1. The van der Waals surface area contributed by atoms with Crippen LogP contribution in [0.5, 0.6) is 5.75 Å². The molecule has 1 unspecified atom stereocenters. The van der Waals surface area contributed by atoms with Crippen molar-refractivity contribution in [2.45, 2.75) is 44.7 Å². The highest BCUT2D eigenvalue weighted by molar-refractivity contribution is 5.78. The van der Waals surface area contributed by atoms with Crippen LogP contribution in [0.3, 0.4) is 0 Å². The van der Waals surface area contributed by atoms with E-state index in [4.69, 9.17) is 4.74 Å². The van der Waals surface area contributed by atoms with Gasteiger partial charge in [-0.1, -0.05) is 42.5 Å². The minimum atomic E-state index is -0.129. The Balaban J connectivity index is 1.28. The number of rotatable bonds is 8. The van der Waals surface area contributed by atoms with Crippen LogP contribution in [0.25, 0.3) is 5.65 Å². The number of benzene rings is 2. The zero-order chi connectivity index (χ0) is 24.9. The summed E-state index contributed by atoms with van der Waals surface area (Å²) in [5, 5.41) is 3.32. The van der Waals surface area contributed by atoms with E-state index in [9.17, 15) is 4.79 Å². The summed E-state index contributed by atoms with van der Waals surface area (Å²) < 4.78 is 7.57. The minimum Gasteiger partial charge on any atom is -0.497 e. The largest absolute Gasteiger partial charge is 0.497 e. The second-order valence-electron chi connectivity index (χ2n) is 9.75. The van der Waals surface area contributed by atoms with E-state index < -0.39 is 0 Å². The van der Waals surface area contributed by atoms with E-state index in [-0.39, 0.29) is 17.9 Å². The predicted octanol–water partition coefficient (Wildman–Crippen LogP) is 4.95. The number of methoxy groups -OCH3 is 1. The Kier molecular flexibility index (Phi) is 7.33. The third-order valence-electron chi connectivity index (χ3n) is 7.14. The van der Waals surface area contributed by atoms with Crippen LogP contribution in [0.15, 0.2) is 79.1 Å². The van der Waals surface area contributed by atoms with Gasteiger partial charge in [-0.05, 0) is 60.7 Å². The lowest BCUT2D eigenvalue weighted by Crippen LogP contribution is -2.44. The fourth-order valence-corrected chi connectivity index (χ4v) is 5.16. The van der Waals surface area contributed by atoms with Gasteiger partial charge in [0.15, 0.2) is 0 Å². The minimum absolute atomic E-state index is 0.0754. The van der Waals surface area contributed by atoms with Crippen molar-refractivity contribution in [3.63, 3.8) is 0 Å². The van der Waals surface area contributed by atoms with Crippen molar-refractivity contribution >= 4 is 11.6 Å². The van der Waals surface area contributed by atoms with Crippen LogP contribution < -0.4 is 10.1 Å². The van der Waals surface area contributed by atoms with Gasteiger partial charge in [-0.3, -0.25) is 9.69 Å². The van der Waals surface area contributed by atoms with E-state index in [1.807, 2.05) is 30.6 Å². The lowest BCUT2D eigenvalue weighted by molar-refractivity contribution is -0.122. The van der Waals surface area contributed by atoms with Crippen LogP contribution in [0.4, 0.5) is 0 Å². The number of hydrogen-bond donors (Lipinski definition) is 1. The van der Waals surface area contributed by atoms with Crippen LogP contribution in [0, 0.1) is 6.92 Å². The number of piperidine rings is 1. The van der Waals surface area contributed by atoms with Gasteiger partial charge in [0.05, 0.1) is 12.8 Å². The second kappa shape index (κ2) is 11.0. The van der Waals surface area contributed by atoms with Gasteiger partial charge in [0.25, 0.3) is 0 Å². The van der Waals surface area contributed by atoms with Gasteiger partial charge in [0, 0.05) is 50.4 Å². The summed E-state index contributed by atoms with van der Waals surface area (Å²) in [6.45, 7) is 5.01. The molecule has 1 fully saturated rings. The highest BCUT2D eigenvalue weighted by Gasteiger charge is 2.25. The number of nitrogens with zero attached hydrogens (tertiary/aromatic N) is 3. The van der Waals surface area contributed by atoms with Gasteiger partial charge >= 0.3 is 0 Å². The van der Waals surface area contributed by atoms with Crippen LogP contribution in [0.2, 0.25) is 0 Å². The standard InChI is InChI=1S/C30H34N4O2/c1-22-11-16-34-28(20-31-29(34)17-22)27(24-9-6-10-26(18-24)36-2)19-30(35)32-25-12-14-33(15-13-25)21-23-7-4-3-5-8-23/h3-11,16-18,20,25,27H,12-15,19,21H2,1-2H3,(H,32,35). The van der Waals surface area contributed by atoms with Crippen molar-refractivity contribution < 1.29 is 9.53 Å². The van der Waals surface area contributed by atoms with Crippen LogP contribution in [-0.4, -0.2) is 46.4 Å². The molecule has 0 radical (unpaired) electrons. The third-order valence-corrected chi connectivity index (χ3v) is 7.14. The summed E-state index contributed by atoms with van der Waals surface area (Å²) in [5.41, 5.74) is 5.44. The van der Waals surface area contributed by atoms with Crippen LogP contribution >= 0.6 is 0 Å². The number of aromatic nitrogens is 2. The molecular weight excluding hydrogens is 448 g/mol. The Morgan fingerprint density at radius 1 is 1.08 bits per heavy atom. The number of nitrogens with one attached hydrogen (secondary N) is 1. The summed E-state index contributed by atoms with van der Waals surface area (Å²) in [7, 11) is 1.67. The van der Waals surface area contributed by atoms with Crippen molar-refractivity contribution in [3.05, 3.63) is 102 Å². The monoisotopic (exact) mass is 482 g/mol. The summed E-state index contributed by atoms with van der Waals surface area (Å²) in [4.78, 5) is 20.4. The average molecular weight is 483 g/mol. The molecule has 2 aromatic heterocycles. The molecule has 0 saturated carbocycles. The molecule has 1 saturated heterocycles. The molecule has 1 aliphatic heterocycles. The number of ether oxygens (including phenoxy) is 1. The van der Waals surface area contributed by atoms with Crippen molar-refractivity contribution in [1.29, 1.82) is 0 Å². The predicted molar refractivity (Wildman–Crippen MR) is 142 cm³/mol. The molecule has 36 heavy (non-hydrogen) atoms. The van der Waals surface area contributed by atoms with Crippen molar-refractivity contribution in [1.82, 2.24) is 19.6 Å². The normalized spacial score (nSPS) is 15.6. The average Bonchev–Trinajstić information content (AvgIpc) is 3.32. The Bertz CT molecular complexity index is 1310. The second-order valence-corrected chi connectivity index (χ2v) is 9.75. The molecule has 4 aromatic rings. The van der Waals surface area contributed by atoms with E-state index >= 15 is 0 Å². The summed E-state index contributed by atoms with van der Waals surface area (Å²) in [6, 6.07) is 22.9. The van der Waals surface area contributed by atoms with E-state index in [1.165, 1.54) is 5.56 Å². The van der Waals surface area contributed by atoms with Gasteiger partial charge in [-0.15, -0.1) is 0 Å². The molecule has 1 N–H and O–H groups in total. The molecule has 186 valence electrons. The zero-order valence-electron chi connectivity index (χ0n) is 21.1. The topological polar surface area (TPSA) is 58.9 Å². The molecule has 1 aliphatic rings. The first kappa shape index (κ1) is 24.1. The molecule has 6 heteroatoms. The number of carbonyl (C=O) groups excluding carboxylic acids is 1. The first-order chi connectivity index (χ1) is 17.6. The Morgan fingerprint density at radius 2 is 1.89 bits per heavy atom. The number of hydrogen-bond acceptors (Lipinski definition) is 4. The summed E-state index contributed by atoms with van der Waals surface area (Å²) in [6.07, 6.45) is 6.24. The van der Waals surface area contributed by atoms with E-state index in [1.54, 1.807) is 7.11 Å². The molecule has 0 spiro atoms. The highest BCUT2D eigenvalue weighted by Crippen LogP contribution is 2.31. The SMILES string of the molecule is COc1cccc(C(CC(=O)NC2CCN(Cc3ccccc3)CC2)c2cnc3cc(C)ccn23)c1. The van der Waals surface area contributed by atoms with Crippen LogP contribution in [0.1, 0.15) is 47.6 Å². The van der Waals surface area contributed by atoms with Crippen molar-refractivity contribution in [2.24, 2.45) is 0 Å². The maximum absolute atomic E-state index is 13.3. The van der Waals surface area contributed by atoms with Crippen molar-refractivity contribution in [2.75, 3.05) is 20.2 Å². The molecule has 3 heterocycles. The Hall–Kier alpha value is -3.64. The Labute approximate surface area is 212 Å². The first-order valence-electron chi connectivity index (χ1n) is 12.7. The summed E-state index contributed by atoms with van der Waals surface area (Å²) in [5.74, 6) is 0.732. The lowest BCUT2D eigenvalue weighted by atomic mass is 9.91. The maximum Gasteiger partial charge on any atom is 0.221 e. The zero-order valence-corrected chi connectivity index (χ0v) is 21.1. The van der Waals surface area contributed by atoms with Crippen molar-refractivity contribution in [3.8, 4) is 5.75 Å². The Morgan fingerprint density at radius 3 is 2.67 bits per heavy atom. The fourth-order valence-electron chi connectivity index (χ4n) is 5.16. The van der Waals surface area contributed by atoms with E-state index in [2.05, 4.69) is 75.1 Å². The maximum atomic E-state index is 13.3. The number of carbonyl (C=O) groups is 1. The smallest absolute Gasteiger partial charge is 0.221 e. The summed E-state index contributed by atoms with van der Waals surface area (Å²) >= 11 is 0. The van der Waals surface area contributed by atoms with Gasteiger partial charge in [0.2, 0.25) is 5.91 Å². The van der Waals surface area contributed by atoms with E-state index in [0.717, 1.165) is 60.7 Å². The fraction of sp³-hybridized carbons (Fsp3) is 0.333. The number of imidazole rings is 1. The highest BCUT2D eigenvalue weighted by atomic mass is 16.5. The lowest BCUT2D eigenvalue weighted by Gasteiger charge is -2.32. The molecule has 2 aromatic carbocycles. The third kappa shape index (κ3) is 5.60. The quantitative estimate of drug-likeness (QED) is 0.386. The molecule has 0 bridgehead atoms. The van der Waals surface area contributed by atoms with Gasteiger partial charge in [0.1, 0.15) is 11.4 Å². The number of fused-ring (bicyclic) bond motifs is 1. The van der Waals surface area contributed by atoms with Crippen LogP contribution in [-0.2, 0) is 11.3 Å². The van der Waals surface area contributed by atoms with Gasteiger partial charge in [-0.25, -0.2) is 4.98 Å². The van der Waals surface area contributed by atoms with Gasteiger partial charge in [-0.2, -0.15) is 0 Å². The number of pyridine rings is 1. The van der Waals surface area contributed by atoms with Gasteiger partial charge < -0.3 is 14.5 Å². The molecule has 1 atom stereocenters.